The molecule has 0 aliphatic carbocycles. The number of carbonyl (C=O) groups excluding carboxylic acids is 2. The molecule has 0 aromatic carbocycles. The Morgan fingerprint density at radius 3 is 3.04 bits per heavy atom. The number of nitrogens with one attached hydrogen (secondary N) is 2. The first-order valence-corrected chi connectivity index (χ1v) is 10.2. The number of furan rings is 1. The summed E-state index contributed by atoms with van der Waals surface area (Å²) in [4.78, 5) is 30.7. The van der Waals surface area contributed by atoms with Crippen molar-refractivity contribution in [3.63, 3.8) is 0 Å². The van der Waals surface area contributed by atoms with Gasteiger partial charge in [-0.1, -0.05) is 6.92 Å². The van der Waals surface area contributed by atoms with Gasteiger partial charge in [0.05, 0.1) is 12.2 Å². The highest BCUT2D eigenvalue weighted by Crippen LogP contribution is 2.21. The Morgan fingerprint density at radius 1 is 1.46 bits per heavy atom. The van der Waals surface area contributed by atoms with Crippen LogP contribution in [0.1, 0.15) is 36.0 Å². The fraction of sp³-hybridized carbons (Fsp3) is 0.471. The van der Waals surface area contributed by atoms with E-state index in [1.165, 1.54) is 30.2 Å². The van der Waals surface area contributed by atoms with Gasteiger partial charge in [-0.3, -0.25) is 14.5 Å². The number of rotatable bonds is 6. The van der Waals surface area contributed by atoms with Gasteiger partial charge in [-0.05, 0) is 53.4 Å². The Labute approximate surface area is 164 Å². The average molecular weight is 441 g/mol. The summed E-state index contributed by atoms with van der Waals surface area (Å²) in [7, 11) is 0. The predicted molar refractivity (Wildman–Crippen MR) is 103 cm³/mol. The van der Waals surface area contributed by atoms with E-state index in [2.05, 4.69) is 43.4 Å². The van der Waals surface area contributed by atoms with Gasteiger partial charge >= 0.3 is 0 Å². The molecule has 0 saturated carbocycles. The van der Waals surface area contributed by atoms with E-state index in [0.29, 0.717) is 9.80 Å². The number of carbonyl (C=O) groups is 2. The smallest absolute Gasteiger partial charge is 0.287 e. The van der Waals surface area contributed by atoms with Gasteiger partial charge in [-0.15, -0.1) is 11.3 Å². The topological polar surface area (TPSA) is 87.5 Å². The lowest BCUT2D eigenvalue weighted by Gasteiger charge is -2.30. The van der Waals surface area contributed by atoms with Crippen LogP contribution in [0.5, 0.6) is 0 Å². The van der Waals surface area contributed by atoms with Crippen LogP contribution in [0.3, 0.4) is 0 Å². The molecule has 9 heteroatoms. The Balaban J connectivity index is 1.44. The predicted octanol–water partition coefficient (Wildman–Crippen LogP) is 3.10. The zero-order valence-electron chi connectivity index (χ0n) is 14.5. The number of nitrogens with zero attached hydrogens (tertiary/aromatic N) is 2. The minimum Gasteiger partial charge on any atom is -0.444 e. The molecule has 1 aliphatic rings. The third-order valence-electron chi connectivity index (χ3n) is 4.13. The van der Waals surface area contributed by atoms with E-state index in [1.54, 1.807) is 6.07 Å². The van der Waals surface area contributed by atoms with Crippen LogP contribution in [0.25, 0.3) is 0 Å². The highest BCUT2D eigenvalue weighted by atomic mass is 79.9. The molecule has 1 saturated heterocycles. The van der Waals surface area contributed by atoms with Crippen molar-refractivity contribution in [3.05, 3.63) is 33.6 Å². The Hall–Kier alpha value is -1.71. The number of likely N-dealkylation sites (tertiary alicyclic amines) is 1. The van der Waals surface area contributed by atoms with Crippen molar-refractivity contribution in [2.45, 2.75) is 26.3 Å². The molecule has 1 unspecified atom stereocenters. The van der Waals surface area contributed by atoms with E-state index < -0.39 is 5.91 Å². The molecular formula is C17H21BrN4O3S. The lowest BCUT2D eigenvalue weighted by Crippen LogP contribution is -2.34. The minimum absolute atomic E-state index is 0.143. The van der Waals surface area contributed by atoms with Crippen molar-refractivity contribution < 1.29 is 14.0 Å². The number of aromatic nitrogens is 1. The quantitative estimate of drug-likeness (QED) is 0.720. The SMILES string of the molecule is CC1CCCN(Cc2csc(NC(=O)CNC(=O)c3ccc(Br)o3)n2)C1. The standard InChI is InChI=1S/C17H21BrN4O3S/c1-11-3-2-6-22(8-11)9-12-10-26-17(20-12)21-15(23)7-19-16(24)13-4-5-14(18)25-13/h4-5,10-11H,2-3,6-9H2,1H3,(H,19,24)(H,20,21,23). The molecule has 2 aromatic heterocycles. The number of anilines is 1. The summed E-state index contributed by atoms with van der Waals surface area (Å²) >= 11 is 4.52. The Kier molecular flexibility index (Phi) is 6.44. The Morgan fingerprint density at radius 2 is 2.31 bits per heavy atom. The second-order valence-electron chi connectivity index (χ2n) is 6.46. The summed E-state index contributed by atoms with van der Waals surface area (Å²) in [6.07, 6.45) is 2.51. The van der Waals surface area contributed by atoms with Crippen molar-refractivity contribution in [1.82, 2.24) is 15.2 Å². The number of hydrogen-bond acceptors (Lipinski definition) is 6. The molecule has 26 heavy (non-hydrogen) atoms. The zero-order valence-corrected chi connectivity index (χ0v) is 16.9. The molecule has 7 nitrogen and oxygen atoms in total. The summed E-state index contributed by atoms with van der Waals surface area (Å²) in [6.45, 7) is 5.12. The maximum Gasteiger partial charge on any atom is 0.287 e. The molecule has 140 valence electrons. The van der Waals surface area contributed by atoms with Crippen molar-refractivity contribution in [2.24, 2.45) is 5.92 Å². The van der Waals surface area contributed by atoms with Gasteiger partial charge in [0.2, 0.25) is 5.91 Å². The number of piperidine rings is 1. The molecule has 3 heterocycles. The third kappa shape index (κ3) is 5.39. The maximum absolute atomic E-state index is 12.0. The van der Waals surface area contributed by atoms with Gasteiger partial charge in [0, 0.05) is 18.5 Å². The largest absolute Gasteiger partial charge is 0.444 e. The van der Waals surface area contributed by atoms with E-state index >= 15 is 0 Å². The fourth-order valence-electron chi connectivity index (χ4n) is 2.94. The van der Waals surface area contributed by atoms with Crippen LogP contribution < -0.4 is 10.6 Å². The van der Waals surface area contributed by atoms with Crippen molar-refractivity contribution >= 4 is 44.2 Å². The van der Waals surface area contributed by atoms with E-state index in [4.69, 9.17) is 4.42 Å². The number of thiazole rings is 1. The van der Waals surface area contributed by atoms with Gasteiger partial charge in [-0.25, -0.2) is 4.98 Å². The molecule has 2 N–H and O–H groups in total. The van der Waals surface area contributed by atoms with E-state index in [9.17, 15) is 9.59 Å². The molecule has 1 aliphatic heterocycles. The van der Waals surface area contributed by atoms with Crippen molar-refractivity contribution in [1.29, 1.82) is 0 Å². The van der Waals surface area contributed by atoms with Gasteiger partial charge in [0.15, 0.2) is 15.6 Å². The van der Waals surface area contributed by atoms with Crippen LogP contribution in [0.2, 0.25) is 0 Å². The summed E-state index contributed by atoms with van der Waals surface area (Å²) < 4.78 is 5.60. The zero-order chi connectivity index (χ0) is 18.5. The lowest BCUT2D eigenvalue weighted by atomic mass is 10.0. The van der Waals surface area contributed by atoms with Gasteiger partial charge in [0.1, 0.15) is 0 Å². The average Bonchev–Trinajstić information content (AvgIpc) is 3.22. The van der Waals surface area contributed by atoms with Crippen LogP contribution in [0.4, 0.5) is 5.13 Å². The first-order valence-electron chi connectivity index (χ1n) is 8.50. The lowest BCUT2D eigenvalue weighted by molar-refractivity contribution is -0.115. The van der Waals surface area contributed by atoms with E-state index in [-0.39, 0.29) is 18.2 Å². The monoisotopic (exact) mass is 440 g/mol. The maximum atomic E-state index is 12.0. The third-order valence-corrected chi connectivity index (χ3v) is 5.36. The number of amides is 2. The van der Waals surface area contributed by atoms with Gasteiger partial charge in [0.25, 0.3) is 5.91 Å². The Bertz CT molecular complexity index is 776. The van der Waals surface area contributed by atoms with Crippen LogP contribution >= 0.6 is 27.3 Å². The summed E-state index contributed by atoms with van der Waals surface area (Å²) in [6, 6.07) is 3.15. The molecule has 3 rings (SSSR count). The molecule has 0 spiro atoms. The van der Waals surface area contributed by atoms with Crippen LogP contribution in [0, 0.1) is 5.92 Å². The molecule has 0 bridgehead atoms. The van der Waals surface area contributed by atoms with Crippen molar-refractivity contribution in [3.8, 4) is 0 Å². The van der Waals surface area contributed by atoms with E-state index in [0.717, 1.165) is 31.2 Å². The normalized spacial score (nSPS) is 17.8. The summed E-state index contributed by atoms with van der Waals surface area (Å²) in [5.41, 5.74) is 0.962. The molecule has 1 fully saturated rings. The molecular weight excluding hydrogens is 420 g/mol. The second-order valence-corrected chi connectivity index (χ2v) is 8.10. The number of hydrogen-bond donors (Lipinski definition) is 2. The molecule has 2 amide bonds. The van der Waals surface area contributed by atoms with Crippen molar-refractivity contribution in [2.75, 3.05) is 25.0 Å². The van der Waals surface area contributed by atoms with E-state index in [1.807, 2.05) is 5.38 Å². The molecule has 1 atom stereocenters. The van der Waals surface area contributed by atoms with Crippen LogP contribution in [0.15, 0.2) is 26.6 Å². The summed E-state index contributed by atoms with van der Waals surface area (Å²) in [5.74, 6) is 0.110. The number of halogens is 1. The van der Waals surface area contributed by atoms with Crippen LogP contribution in [-0.2, 0) is 11.3 Å². The highest BCUT2D eigenvalue weighted by molar-refractivity contribution is 9.10. The highest BCUT2D eigenvalue weighted by Gasteiger charge is 2.18. The summed E-state index contributed by atoms with van der Waals surface area (Å²) in [5, 5.41) is 7.74. The second kappa shape index (κ2) is 8.79. The first kappa shape index (κ1) is 19.1. The fourth-order valence-corrected chi connectivity index (χ4v) is 3.97. The minimum atomic E-state index is -0.440. The first-order chi connectivity index (χ1) is 12.5. The molecule has 2 aromatic rings. The van der Waals surface area contributed by atoms with Gasteiger partial charge in [-0.2, -0.15) is 0 Å². The van der Waals surface area contributed by atoms with Gasteiger partial charge < -0.3 is 15.1 Å². The van der Waals surface area contributed by atoms with Crippen LogP contribution in [-0.4, -0.2) is 41.3 Å². The molecule has 0 radical (unpaired) electrons.